The van der Waals surface area contributed by atoms with Crippen molar-refractivity contribution in [2.45, 2.75) is 20.3 Å². The third kappa shape index (κ3) is 4.34. The summed E-state index contributed by atoms with van der Waals surface area (Å²) in [6.07, 6.45) is 4.59. The van der Waals surface area contributed by atoms with Gasteiger partial charge >= 0.3 is 0 Å². The van der Waals surface area contributed by atoms with Gasteiger partial charge in [-0.3, -0.25) is 9.69 Å². The maximum Gasteiger partial charge on any atom is 0.283 e. The summed E-state index contributed by atoms with van der Waals surface area (Å²) < 4.78 is 0. The molecule has 1 amide bonds. The smallest absolute Gasteiger partial charge is 0.266 e. The molecule has 0 aliphatic carbocycles. The molecule has 1 heterocycles. The Morgan fingerprint density at radius 2 is 1.96 bits per heavy atom. The van der Waals surface area contributed by atoms with Gasteiger partial charge in [-0.1, -0.05) is 66.7 Å². The summed E-state index contributed by atoms with van der Waals surface area (Å²) in [5.41, 5.74) is 4.30. The number of amides is 1. The lowest BCUT2D eigenvalue weighted by Gasteiger charge is -2.19. The molecule has 3 rings (SSSR count). The minimum absolute atomic E-state index is 0.174. The van der Waals surface area contributed by atoms with Crippen LogP contribution in [0.5, 0.6) is 0 Å². The van der Waals surface area contributed by atoms with Crippen LogP contribution in [0.2, 0.25) is 5.02 Å². The van der Waals surface area contributed by atoms with E-state index in [0.717, 1.165) is 17.5 Å². The minimum atomic E-state index is -0.174. The predicted molar refractivity (Wildman–Crippen MR) is 118 cm³/mol. The first kappa shape index (κ1) is 19.5. The first-order valence-electron chi connectivity index (χ1n) is 8.77. The quantitative estimate of drug-likeness (QED) is 0.467. The predicted octanol–water partition coefficient (Wildman–Crippen LogP) is 5.87. The Morgan fingerprint density at radius 1 is 1.22 bits per heavy atom. The number of benzene rings is 2. The van der Waals surface area contributed by atoms with Crippen molar-refractivity contribution in [3.8, 4) is 0 Å². The molecule has 0 atom stereocenters. The Labute approximate surface area is 169 Å². The molecule has 2 aromatic rings. The van der Waals surface area contributed by atoms with Crippen molar-refractivity contribution < 1.29 is 4.79 Å². The van der Waals surface area contributed by atoms with Gasteiger partial charge in [-0.05, 0) is 48.2 Å². The number of halogens is 1. The summed E-state index contributed by atoms with van der Waals surface area (Å²) in [6.45, 7) is 7.83. The Bertz CT molecular complexity index is 932. The van der Waals surface area contributed by atoms with E-state index >= 15 is 0 Å². The van der Waals surface area contributed by atoms with Crippen molar-refractivity contribution >= 4 is 46.2 Å². The van der Waals surface area contributed by atoms with Crippen molar-refractivity contribution in [3.05, 3.63) is 82.5 Å². The zero-order valence-electron chi connectivity index (χ0n) is 15.4. The van der Waals surface area contributed by atoms with Crippen LogP contribution in [0.3, 0.4) is 0 Å². The number of nitrogens with zero attached hydrogens (tertiary/aromatic N) is 2. The van der Waals surface area contributed by atoms with Gasteiger partial charge in [0.15, 0.2) is 5.17 Å². The first-order chi connectivity index (χ1) is 13.0. The van der Waals surface area contributed by atoms with Gasteiger partial charge < -0.3 is 0 Å². The number of carbonyl (C=O) groups is 1. The third-order valence-electron chi connectivity index (χ3n) is 4.20. The van der Waals surface area contributed by atoms with Crippen LogP contribution in [0.1, 0.15) is 23.6 Å². The zero-order valence-corrected chi connectivity index (χ0v) is 17.0. The van der Waals surface area contributed by atoms with Gasteiger partial charge in [0.25, 0.3) is 5.91 Å². The number of thioether (sulfide) groups is 1. The largest absolute Gasteiger partial charge is 0.283 e. The van der Waals surface area contributed by atoms with Crippen LogP contribution in [-0.2, 0) is 11.2 Å². The molecular formula is C22H21ClN2OS. The van der Waals surface area contributed by atoms with Crippen LogP contribution in [0.25, 0.3) is 6.08 Å². The molecule has 0 radical (unpaired) electrons. The van der Waals surface area contributed by atoms with E-state index in [4.69, 9.17) is 11.6 Å². The molecule has 5 heteroatoms. The molecule has 27 heavy (non-hydrogen) atoms. The molecule has 1 aliphatic rings. The highest BCUT2D eigenvalue weighted by Gasteiger charge is 2.32. The molecule has 1 aliphatic heterocycles. The van der Waals surface area contributed by atoms with Crippen LogP contribution in [0.4, 0.5) is 5.69 Å². The summed E-state index contributed by atoms with van der Waals surface area (Å²) in [6, 6.07) is 13.8. The van der Waals surface area contributed by atoms with Crippen LogP contribution in [0.15, 0.2) is 65.8 Å². The van der Waals surface area contributed by atoms with Crippen LogP contribution in [0, 0.1) is 6.92 Å². The topological polar surface area (TPSA) is 32.7 Å². The van der Waals surface area contributed by atoms with Gasteiger partial charge in [-0.25, -0.2) is 4.99 Å². The van der Waals surface area contributed by atoms with E-state index in [1.165, 1.54) is 17.3 Å². The molecule has 0 saturated carbocycles. The van der Waals surface area contributed by atoms with Crippen molar-refractivity contribution in [2.75, 3.05) is 10.7 Å². The second-order valence-corrected chi connectivity index (χ2v) is 7.61. The molecule has 0 saturated heterocycles. The number of hydrogen-bond donors (Lipinski definition) is 0. The highest BCUT2D eigenvalue weighted by Crippen LogP contribution is 2.34. The van der Waals surface area contributed by atoms with Gasteiger partial charge in [0, 0.05) is 5.75 Å². The standard InChI is InChI=1S/C22H21ClN2OS/c1-4-12-27-22-24-19(14-17-9-7-16(5-2)8-10-17)21(26)25(22)20-11-6-15(3)13-18(20)23/h4,6-11,13-14H,1,5,12H2,2-3H3/b19-14+. The maximum absolute atomic E-state index is 13.1. The van der Waals surface area contributed by atoms with Crippen LogP contribution >= 0.6 is 23.4 Å². The van der Waals surface area contributed by atoms with E-state index < -0.39 is 0 Å². The van der Waals surface area contributed by atoms with Crippen molar-refractivity contribution in [2.24, 2.45) is 4.99 Å². The molecule has 0 aromatic heterocycles. The zero-order chi connectivity index (χ0) is 19.4. The number of aliphatic imine (C=N–C) groups is 1. The van der Waals surface area contributed by atoms with Crippen molar-refractivity contribution in [1.29, 1.82) is 0 Å². The van der Waals surface area contributed by atoms with Crippen LogP contribution < -0.4 is 4.90 Å². The fraction of sp³-hybridized carbons (Fsp3) is 0.182. The lowest BCUT2D eigenvalue weighted by Crippen LogP contribution is -2.30. The minimum Gasteiger partial charge on any atom is -0.266 e. The van der Waals surface area contributed by atoms with E-state index in [1.807, 2.05) is 43.3 Å². The summed E-state index contributed by atoms with van der Waals surface area (Å²) in [5.74, 6) is 0.483. The number of amidine groups is 1. The van der Waals surface area contributed by atoms with Crippen molar-refractivity contribution in [1.82, 2.24) is 0 Å². The fourth-order valence-corrected chi connectivity index (χ4v) is 3.80. The number of anilines is 1. The SMILES string of the molecule is C=CCSC1=N/C(=C/c2ccc(CC)cc2)C(=O)N1c1ccc(C)cc1Cl. The van der Waals surface area contributed by atoms with Gasteiger partial charge in [-0.15, -0.1) is 6.58 Å². The average Bonchev–Trinajstić information content (AvgIpc) is 2.96. The van der Waals surface area contributed by atoms with Crippen LogP contribution in [-0.4, -0.2) is 16.8 Å². The number of rotatable bonds is 5. The second kappa shape index (κ2) is 8.59. The van der Waals surface area contributed by atoms with E-state index in [0.29, 0.717) is 27.3 Å². The molecule has 138 valence electrons. The van der Waals surface area contributed by atoms with E-state index in [1.54, 1.807) is 11.0 Å². The van der Waals surface area contributed by atoms with Gasteiger partial charge in [0.1, 0.15) is 5.70 Å². The Morgan fingerprint density at radius 3 is 2.59 bits per heavy atom. The number of carbonyl (C=O) groups excluding carboxylic acids is 1. The Kier molecular flexibility index (Phi) is 6.19. The second-order valence-electron chi connectivity index (χ2n) is 6.21. The Hall–Kier alpha value is -2.30. The molecule has 0 unspecified atom stereocenters. The molecule has 0 fully saturated rings. The first-order valence-corrected chi connectivity index (χ1v) is 10.1. The Balaban J connectivity index is 1.99. The molecule has 0 bridgehead atoms. The normalized spacial score (nSPS) is 15.4. The van der Waals surface area contributed by atoms with Gasteiger partial charge in [0.05, 0.1) is 10.7 Å². The molecule has 0 N–H and O–H groups in total. The van der Waals surface area contributed by atoms with E-state index in [-0.39, 0.29) is 5.91 Å². The lowest BCUT2D eigenvalue weighted by molar-refractivity contribution is -0.113. The summed E-state index contributed by atoms with van der Waals surface area (Å²) >= 11 is 7.88. The number of aryl methyl sites for hydroxylation is 2. The monoisotopic (exact) mass is 396 g/mol. The van der Waals surface area contributed by atoms with E-state index in [2.05, 4.69) is 30.6 Å². The summed E-state index contributed by atoms with van der Waals surface area (Å²) in [7, 11) is 0. The highest BCUT2D eigenvalue weighted by molar-refractivity contribution is 8.14. The maximum atomic E-state index is 13.1. The van der Waals surface area contributed by atoms with Gasteiger partial charge in [-0.2, -0.15) is 0 Å². The highest BCUT2D eigenvalue weighted by atomic mass is 35.5. The number of hydrogen-bond acceptors (Lipinski definition) is 3. The molecular weight excluding hydrogens is 376 g/mol. The molecule has 0 spiro atoms. The summed E-state index contributed by atoms with van der Waals surface area (Å²) in [5, 5.41) is 1.14. The molecule has 3 nitrogen and oxygen atoms in total. The van der Waals surface area contributed by atoms with E-state index in [9.17, 15) is 4.79 Å². The third-order valence-corrected chi connectivity index (χ3v) is 5.43. The fourth-order valence-electron chi connectivity index (χ4n) is 2.74. The molecule has 2 aromatic carbocycles. The van der Waals surface area contributed by atoms with Gasteiger partial charge in [0.2, 0.25) is 0 Å². The van der Waals surface area contributed by atoms with Crippen molar-refractivity contribution in [3.63, 3.8) is 0 Å². The lowest BCUT2D eigenvalue weighted by atomic mass is 10.1. The summed E-state index contributed by atoms with van der Waals surface area (Å²) in [4.78, 5) is 19.3. The average molecular weight is 397 g/mol.